The number of rotatable bonds is 14. The fourth-order valence-electron chi connectivity index (χ4n) is 8.37. The van der Waals surface area contributed by atoms with Gasteiger partial charge in [0.2, 0.25) is 5.91 Å². The molecule has 4 saturated carbocycles. The van der Waals surface area contributed by atoms with Crippen LogP contribution in [0.4, 0.5) is 4.39 Å². The lowest BCUT2D eigenvalue weighted by Gasteiger charge is -2.58. The molecule has 0 saturated heterocycles. The monoisotopic (exact) mass is 594 g/mol. The number of nitrogens with one attached hydrogen (secondary N) is 3. The lowest BCUT2D eigenvalue weighted by Crippen LogP contribution is -2.53. The van der Waals surface area contributed by atoms with Crippen molar-refractivity contribution in [3.63, 3.8) is 0 Å². The summed E-state index contributed by atoms with van der Waals surface area (Å²) >= 11 is 1.13. The number of benzene rings is 2. The van der Waals surface area contributed by atoms with E-state index in [9.17, 15) is 19.1 Å². The van der Waals surface area contributed by atoms with E-state index in [-0.39, 0.29) is 22.3 Å². The number of aromatic nitrogens is 1. The van der Waals surface area contributed by atoms with Crippen LogP contribution in [0.25, 0.3) is 10.2 Å². The Morgan fingerprint density at radius 2 is 1.62 bits per heavy atom. The van der Waals surface area contributed by atoms with Crippen LogP contribution in [0.3, 0.4) is 0 Å². The van der Waals surface area contributed by atoms with Crippen LogP contribution in [-0.4, -0.2) is 60.2 Å². The highest BCUT2D eigenvalue weighted by molar-refractivity contribution is 7.16. The third-order valence-electron chi connectivity index (χ3n) is 9.83. The van der Waals surface area contributed by atoms with Crippen LogP contribution in [0.5, 0.6) is 5.75 Å². The molecule has 4 N–H and O–H groups in total. The van der Waals surface area contributed by atoms with Gasteiger partial charge in [-0.05, 0) is 117 Å². The number of hydrogen-bond donors (Lipinski definition) is 4. The molecule has 0 atom stereocenters. The smallest absolute Gasteiger partial charge is 0.305 e. The Morgan fingerprint density at radius 1 is 0.952 bits per heavy atom. The van der Waals surface area contributed by atoms with Crippen LogP contribution in [0.1, 0.15) is 56.1 Å². The average molecular weight is 595 g/mol. The van der Waals surface area contributed by atoms with Gasteiger partial charge in [0.25, 0.3) is 0 Å². The highest BCUT2D eigenvalue weighted by Crippen LogP contribution is 2.60. The second kappa shape index (κ2) is 12.9. The first-order valence-electron chi connectivity index (χ1n) is 15.6. The summed E-state index contributed by atoms with van der Waals surface area (Å²) in [4.78, 5) is 30.1. The van der Waals surface area contributed by atoms with E-state index in [1.54, 1.807) is 6.07 Å². The first-order chi connectivity index (χ1) is 20.4. The van der Waals surface area contributed by atoms with Crippen molar-refractivity contribution in [2.24, 2.45) is 23.2 Å². The molecule has 7 nitrogen and oxygen atoms in total. The first kappa shape index (κ1) is 29.3. The molecular weight excluding hydrogens is 551 g/mol. The molecule has 2 aromatic carbocycles. The largest absolute Gasteiger partial charge is 0.506 e. The van der Waals surface area contributed by atoms with E-state index in [1.807, 2.05) is 18.2 Å². The van der Waals surface area contributed by atoms with E-state index in [1.165, 1.54) is 50.7 Å². The van der Waals surface area contributed by atoms with Crippen molar-refractivity contribution in [1.29, 1.82) is 0 Å². The molecule has 1 amide bonds. The van der Waals surface area contributed by atoms with E-state index >= 15 is 0 Å². The van der Waals surface area contributed by atoms with Crippen molar-refractivity contribution in [1.82, 2.24) is 20.5 Å². The third-order valence-corrected chi connectivity index (χ3v) is 10.8. The summed E-state index contributed by atoms with van der Waals surface area (Å²) < 4.78 is 14.0. The lowest BCUT2D eigenvalue weighted by molar-refractivity contribution is -0.137. The highest BCUT2D eigenvalue weighted by Gasteiger charge is 2.51. The molecule has 4 aliphatic rings. The SMILES string of the molecule is O=C(CCNCCc1ccc(F)cc1)N(CCNCCc1ccc(O)c2[nH]c(=O)sc12)CC12CC3CC(CC(C3)C1)C2. The van der Waals surface area contributed by atoms with Gasteiger partial charge in [0.15, 0.2) is 0 Å². The molecule has 0 unspecified atom stereocenters. The molecule has 4 bridgehead atoms. The topological polar surface area (TPSA) is 97.5 Å². The summed E-state index contributed by atoms with van der Waals surface area (Å²) in [5, 5.41) is 17.0. The zero-order valence-electron chi connectivity index (χ0n) is 24.3. The average Bonchev–Trinajstić information content (AvgIpc) is 3.36. The molecule has 42 heavy (non-hydrogen) atoms. The van der Waals surface area contributed by atoms with Gasteiger partial charge < -0.3 is 25.6 Å². The van der Waals surface area contributed by atoms with Crippen molar-refractivity contribution in [2.45, 2.75) is 57.8 Å². The van der Waals surface area contributed by atoms with Gasteiger partial charge in [-0.15, -0.1) is 0 Å². The van der Waals surface area contributed by atoms with Gasteiger partial charge in [0.05, 0.1) is 4.70 Å². The number of nitrogens with zero attached hydrogens (tertiary/aromatic N) is 1. The number of fused-ring (bicyclic) bond motifs is 1. The van der Waals surface area contributed by atoms with Crippen molar-refractivity contribution in [3.05, 3.63) is 63.0 Å². The normalized spacial score (nSPS) is 24.5. The fourth-order valence-corrected chi connectivity index (χ4v) is 9.27. The number of phenols is 1. The summed E-state index contributed by atoms with van der Waals surface area (Å²) in [6.07, 6.45) is 10.1. The maximum Gasteiger partial charge on any atom is 0.305 e. The molecular formula is C33H43FN4O3S. The maximum absolute atomic E-state index is 13.6. The Hall–Kier alpha value is -2.75. The van der Waals surface area contributed by atoms with Crippen LogP contribution >= 0.6 is 11.3 Å². The molecule has 0 spiro atoms. The number of carbonyl (C=O) groups excluding carboxylic acids is 1. The van der Waals surface area contributed by atoms with Crippen molar-refractivity contribution >= 4 is 27.5 Å². The molecule has 3 aromatic rings. The molecule has 226 valence electrons. The molecule has 1 heterocycles. The van der Waals surface area contributed by atoms with Gasteiger partial charge in [-0.1, -0.05) is 29.5 Å². The van der Waals surface area contributed by atoms with Crippen LogP contribution < -0.4 is 15.5 Å². The Morgan fingerprint density at radius 3 is 2.33 bits per heavy atom. The number of hydrogen-bond acceptors (Lipinski definition) is 6. The predicted octanol–water partition coefficient (Wildman–Crippen LogP) is 4.83. The fraction of sp³-hybridized carbons (Fsp3) is 0.576. The van der Waals surface area contributed by atoms with Gasteiger partial charge >= 0.3 is 4.87 Å². The van der Waals surface area contributed by atoms with Gasteiger partial charge in [-0.2, -0.15) is 0 Å². The quantitative estimate of drug-likeness (QED) is 0.201. The van der Waals surface area contributed by atoms with Crippen LogP contribution in [0.2, 0.25) is 0 Å². The summed E-state index contributed by atoms with van der Waals surface area (Å²) in [5.41, 5.74) is 2.93. The predicted molar refractivity (Wildman–Crippen MR) is 165 cm³/mol. The van der Waals surface area contributed by atoms with Crippen molar-refractivity contribution < 1.29 is 14.3 Å². The Labute approximate surface area is 250 Å². The summed E-state index contributed by atoms with van der Waals surface area (Å²) in [6.45, 7) is 4.43. The number of thiazole rings is 1. The van der Waals surface area contributed by atoms with E-state index in [2.05, 4.69) is 20.5 Å². The number of amides is 1. The minimum absolute atomic E-state index is 0.101. The molecule has 9 heteroatoms. The van der Waals surface area contributed by atoms with E-state index < -0.39 is 0 Å². The third kappa shape index (κ3) is 6.90. The van der Waals surface area contributed by atoms with Gasteiger partial charge in [-0.25, -0.2) is 4.39 Å². The molecule has 7 rings (SSSR count). The lowest BCUT2D eigenvalue weighted by atomic mass is 9.49. The second-order valence-electron chi connectivity index (χ2n) is 13.1. The van der Waals surface area contributed by atoms with Crippen molar-refractivity contribution in [2.75, 3.05) is 39.3 Å². The van der Waals surface area contributed by atoms with Gasteiger partial charge in [0, 0.05) is 32.6 Å². The summed E-state index contributed by atoms with van der Waals surface area (Å²) in [6, 6.07) is 10.1. The van der Waals surface area contributed by atoms with Crippen LogP contribution in [0, 0.1) is 29.0 Å². The maximum atomic E-state index is 13.6. The first-order valence-corrected chi connectivity index (χ1v) is 16.4. The van der Waals surface area contributed by atoms with E-state index in [0.717, 1.165) is 83.9 Å². The van der Waals surface area contributed by atoms with Gasteiger partial charge in [-0.3, -0.25) is 9.59 Å². The Kier molecular flexibility index (Phi) is 8.98. The number of phenolic OH excluding ortho intramolecular Hbond substituents is 1. The number of halogens is 1. The van der Waals surface area contributed by atoms with Gasteiger partial charge in [0.1, 0.15) is 17.1 Å². The van der Waals surface area contributed by atoms with E-state index in [4.69, 9.17) is 0 Å². The molecule has 0 aliphatic heterocycles. The number of carbonyl (C=O) groups is 1. The number of H-pyrrole nitrogens is 1. The van der Waals surface area contributed by atoms with E-state index in [0.29, 0.717) is 30.4 Å². The summed E-state index contributed by atoms with van der Waals surface area (Å²) in [5.74, 6) is 2.66. The summed E-state index contributed by atoms with van der Waals surface area (Å²) in [7, 11) is 0. The molecule has 4 fully saturated rings. The second-order valence-corrected chi connectivity index (χ2v) is 14.1. The minimum Gasteiger partial charge on any atom is -0.506 e. The Balaban J connectivity index is 1.01. The van der Waals surface area contributed by atoms with Crippen LogP contribution in [0.15, 0.2) is 41.2 Å². The molecule has 4 aliphatic carbocycles. The Bertz CT molecular complexity index is 1400. The highest BCUT2D eigenvalue weighted by atomic mass is 32.1. The van der Waals surface area contributed by atoms with Crippen LogP contribution in [-0.2, 0) is 17.6 Å². The standard InChI is InChI=1S/C33H43FN4O3S/c34-27-4-1-22(2-5-27)7-10-35-12-9-29(40)38(21-33-18-23-15-24(19-33)17-25(16-23)20-33)14-13-36-11-8-26-3-6-28(39)30-31(26)42-32(41)37-30/h1-6,23-25,35-36,39H,7-21H2,(H,37,41). The zero-order chi connectivity index (χ0) is 29.1. The zero-order valence-corrected chi connectivity index (χ0v) is 25.1. The molecule has 0 radical (unpaired) electrons. The molecule has 1 aromatic heterocycles. The minimum atomic E-state index is -0.220. The van der Waals surface area contributed by atoms with Crippen molar-refractivity contribution in [3.8, 4) is 5.75 Å². The number of aromatic hydroxyl groups is 1. The number of aromatic amines is 1.